The maximum atomic E-state index is 10.2. The molecule has 0 atom stereocenters. The maximum absolute atomic E-state index is 10.2. The van der Waals surface area contributed by atoms with E-state index < -0.39 is 0 Å². The lowest BCUT2D eigenvalue weighted by atomic mass is 10.3. The Hall–Kier alpha value is -3.02. The van der Waals surface area contributed by atoms with Crippen LogP contribution in [0.4, 0.5) is 0 Å². The fraction of sp³-hybridized carbons (Fsp3) is 0.176. The van der Waals surface area contributed by atoms with E-state index in [2.05, 4.69) is 16.8 Å². The molecule has 118 valence electrons. The van der Waals surface area contributed by atoms with E-state index in [9.17, 15) is 5.11 Å². The molecule has 23 heavy (non-hydrogen) atoms. The van der Waals surface area contributed by atoms with Crippen molar-refractivity contribution in [2.45, 2.75) is 6.92 Å². The Labute approximate surface area is 133 Å². The second kappa shape index (κ2) is 6.00. The van der Waals surface area contributed by atoms with Gasteiger partial charge in [0.15, 0.2) is 0 Å². The SMILES string of the molecule is C=C(C)COc1ccc(-n2nc3ccc(OC)cc3n2)c(O)c1. The molecular formula is C17H17N3O3. The molecule has 0 fully saturated rings. The third-order valence-corrected chi connectivity index (χ3v) is 3.24. The number of hydrogen-bond acceptors (Lipinski definition) is 5. The van der Waals surface area contributed by atoms with Crippen LogP contribution in [0.25, 0.3) is 16.7 Å². The first kappa shape index (κ1) is 14.9. The summed E-state index contributed by atoms with van der Waals surface area (Å²) in [5.74, 6) is 1.31. The highest BCUT2D eigenvalue weighted by molar-refractivity contribution is 5.75. The summed E-state index contributed by atoms with van der Waals surface area (Å²) in [6.45, 7) is 6.06. The number of rotatable bonds is 5. The highest BCUT2D eigenvalue weighted by Gasteiger charge is 2.10. The lowest BCUT2D eigenvalue weighted by Gasteiger charge is -2.08. The van der Waals surface area contributed by atoms with E-state index in [1.165, 1.54) is 10.9 Å². The number of methoxy groups -OCH3 is 1. The van der Waals surface area contributed by atoms with Crippen molar-refractivity contribution in [2.24, 2.45) is 0 Å². The molecule has 1 heterocycles. The van der Waals surface area contributed by atoms with E-state index in [1.54, 1.807) is 25.3 Å². The fourth-order valence-corrected chi connectivity index (χ4v) is 2.10. The van der Waals surface area contributed by atoms with Gasteiger partial charge in [0.05, 0.1) is 7.11 Å². The van der Waals surface area contributed by atoms with E-state index in [1.807, 2.05) is 19.1 Å². The molecule has 0 aliphatic rings. The maximum Gasteiger partial charge on any atom is 0.146 e. The summed E-state index contributed by atoms with van der Waals surface area (Å²) in [6.07, 6.45) is 0. The van der Waals surface area contributed by atoms with Crippen LogP contribution in [0.3, 0.4) is 0 Å². The monoisotopic (exact) mass is 311 g/mol. The van der Waals surface area contributed by atoms with Gasteiger partial charge in [-0.15, -0.1) is 15.0 Å². The number of hydrogen-bond donors (Lipinski definition) is 1. The van der Waals surface area contributed by atoms with Gasteiger partial charge in [0.2, 0.25) is 0 Å². The van der Waals surface area contributed by atoms with E-state index >= 15 is 0 Å². The van der Waals surface area contributed by atoms with Crippen LogP contribution in [0.5, 0.6) is 17.2 Å². The van der Waals surface area contributed by atoms with Gasteiger partial charge in [-0.25, -0.2) is 0 Å². The zero-order valence-corrected chi connectivity index (χ0v) is 13.0. The van der Waals surface area contributed by atoms with E-state index in [0.29, 0.717) is 34.8 Å². The molecule has 3 rings (SSSR count). The summed E-state index contributed by atoms with van der Waals surface area (Å²) in [6, 6.07) is 10.4. The number of phenolic OH excluding ortho intramolecular Hbond substituents is 1. The number of phenols is 1. The van der Waals surface area contributed by atoms with Gasteiger partial charge >= 0.3 is 0 Å². The second-order valence-corrected chi connectivity index (χ2v) is 5.24. The normalized spacial score (nSPS) is 10.7. The first-order chi connectivity index (χ1) is 11.1. The van der Waals surface area contributed by atoms with Crippen LogP contribution in [-0.4, -0.2) is 33.8 Å². The van der Waals surface area contributed by atoms with Crippen molar-refractivity contribution in [3.05, 3.63) is 48.6 Å². The predicted molar refractivity (Wildman–Crippen MR) is 87.4 cm³/mol. The topological polar surface area (TPSA) is 69.4 Å². The zero-order valence-electron chi connectivity index (χ0n) is 13.0. The van der Waals surface area contributed by atoms with Crippen molar-refractivity contribution in [2.75, 3.05) is 13.7 Å². The average Bonchev–Trinajstić information content (AvgIpc) is 2.95. The van der Waals surface area contributed by atoms with Gasteiger partial charge in [-0.1, -0.05) is 6.58 Å². The summed E-state index contributed by atoms with van der Waals surface area (Å²) < 4.78 is 10.7. The molecule has 0 saturated heterocycles. The van der Waals surface area contributed by atoms with Crippen LogP contribution in [0, 0.1) is 0 Å². The van der Waals surface area contributed by atoms with Gasteiger partial charge in [-0.3, -0.25) is 0 Å². The highest BCUT2D eigenvalue weighted by Crippen LogP contribution is 2.27. The third kappa shape index (κ3) is 3.11. The summed E-state index contributed by atoms with van der Waals surface area (Å²) >= 11 is 0. The van der Waals surface area contributed by atoms with Crippen LogP contribution in [-0.2, 0) is 0 Å². The molecule has 1 aromatic heterocycles. The number of fused-ring (bicyclic) bond motifs is 1. The molecule has 3 aromatic rings. The first-order valence-electron chi connectivity index (χ1n) is 7.08. The van der Waals surface area contributed by atoms with Crippen LogP contribution in [0.2, 0.25) is 0 Å². The van der Waals surface area contributed by atoms with Crippen LogP contribution in [0.1, 0.15) is 6.92 Å². The summed E-state index contributed by atoms with van der Waals surface area (Å²) in [7, 11) is 1.60. The fourth-order valence-electron chi connectivity index (χ4n) is 2.10. The van der Waals surface area contributed by atoms with Gasteiger partial charge in [0, 0.05) is 12.1 Å². The number of ether oxygens (including phenoxy) is 2. The molecule has 0 amide bonds. The Morgan fingerprint density at radius 2 is 1.87 bits per heavy atom. The largest absolute Gasteiger partial charge is 0.505 e. The molecule has 6 nitrogen and oxygen atoms in total. The number of benzene rings is 2. The lowest BCUT2D eigenvalue weighted by Crippen LogP contribution is -2.01. The molecular weight excluding hydrogens is 294 g/mol. The van der Waals surface area contributed by atoms with Crippen LogP contribution in [0.15, 0.2) is 48.6 Å². The standard InChI is InChI=1S/C17H17N3O3/c1-11(2)10-23-13-5-7-16(17(21)9-13)20-18-14-6-4-12(22-3)8-15(14)19-20/h4-9,21H,1,10H2,2-3H3. The molecule has 0 aliphatic carbocycles. The Morgan fingerprint density at radius 3 is 2.57 bits per heavy atom. The Kier molecular flexibility index (Phi) is 3.89. The molecule has 0 unspecified atom stereocenters. The Bertz CT molecular complexity index is 871. The summed E-state index contributed by atoms with van der Waals surface area (Å²) in [4.78, 5) is 1.39. The molecule has 0 bridgehead atoms. The van der Waals surface area contributed by atoms with Gasteiger partial charge in [-0.05, 0) is 36.8 Å². The number of nitrogens with zero attached hydrogens (tertiary/aromatic N) is 3. The number of aromatic nitrogens is 3. The lowest BCUT2D eigenvalue weighted by molar-refractivity contribution is 0.349. The Balaban J connectivity index is 1.93. The summed E-state index contributed by atoms with van der Waals surface area (Å²) in [5, 5.41) is 18.9. The van der Waals surface area contributed by atoms with Crippen molar-refractivity contribution in [3.8, 4) is 22.9 Å². The Morgan fingerprint density at radius 1 is 1.13 bits per heavy atom. The van der Waals surface area contributed by atoms with Gasteiger partial charge in [0.1, 0.15) is 40.6 Å². The van der Waals surface area contributed by atoms with E-state index in [-0.39, 0.29) is 5.75 Å². The molecule has 0 spiro atoms. The van der Waals surface area contributed by atoms with Crippen molar-refractivity contribution in [1.82, 2.24) is 15.0 Å². The van der Waals surface area contributed by atoms with Gasteiger partial charge in [0.25, 0.3) is 0 Å². The van der Waals surface area contributed by atoms with Crippen molar-refractivity contribution in [3.63, 3.8) is 0 Å². The third-order valence-electron chi connectivity index (χ3n) is 3.24. The molecule has 0 saturated carbocycles. The van der Waals surface area contributed by atoms with E-state index in [0.717, 1.165) is 5.57 Å². The smallest absolute Gasteiger partial charge is 0.146 e. The molecule has 2 aromatic carbocycles. The second-order valence-electron chi connectivity index (χ2n) is 5.24. The van der Waals surface area contributed by atoms with E-state index in [4.69, 9.17) is 9.47 Å². The van der Waals surface area contributed by atoms with Crippen molar-refractivity contribution < 1.29 is 14.6 Å². The van der Waals surface area contributed by atoms with Crippen molar-refractivity contribution in [1.29, 1.82) is 0 Å². The van der Waals surface area contributed by atoms with Crippen LogP contribution >= 0.6 is 0 Å². The molecule has 1 N–H and O–H groups in total. The average molecular weight is 311 g/mol. The quantitative estimate of drug-likeness (QED) is 0.733. The first-order valence-corrected chi connectivity index (χ1v) is 7.08. The zero-order chi connectivity index (χ0) is 16.4. The summed E-state index contributed by atoms with van der Waals surface area (Å²) in [5.41, 5.74) is 2.78. The molecule has 6 heteroatoms. The van der Waals surface area contributed by atoms with Crippen LogP contribution < -0.4 is 9.47 Å². The molecule has 0 aliphatic heterocycles. The van der Waals surface area contributed by atoms with Gasteiger partial charge < -0.3 is 14.6 Å². The minimum atomic E-state index is 0.0384. The number of aromatic hydroxyl groups is 1. The highest BCUT2D eigenvalue weighted by atomic mass is 16.5. The minimum absolute atomic E-state index is 0.0384. The predicted octanol–water partition coefficient (Wildman–Crippen LogP) is 3.09. The minimum Gasteiger partial charge on any atom is -0.505 e. The van der Waals surface area contributed by atoms with Crippen molar-refractivity contribution >= 4 is 11.0 Å². The van der Waals surface area contributed by atoms with Gasteiger partial charge in [-0.2, -0.15) is 0 Å². The molecule has 0 radical (unpaired) electrons.